The summed E-state index contributed by atoms with van der Waals surface area (Å²) >= 11 is 0. The first-order chi connectivity index (χ1) is 15.6. The Bertz CT molecular complexity index is 693. The predicted octanol–water partition coefficient (Wildman–Crippen LogP) is 1.92. The van der Waals surface area contributed by atoms with Crippen molar-refractivity contribution >= 4 is 5.97 Å². The van der Waals surface area contributed by atoms with Gasteiger partial charge in [0.1, 0.15) is 36.1 Å². The molecule has 34 heavy (non-hydrogen) atoms. The van der Waals surface area contributed by atoms with E-state index < -0.39 is 53.3 Å². The third-order valence-corrected chi connectivity index (χ3v) is 6.83. The summed E-state index contributed by atoms with van der Waals surface area (Å²) in [7, 11) is 3.13. The number of ether oxygens (including phenoxy) is 7. The highest BCUT2D eigenvalue weighted by molar-refractivity contribution is 5.77. The van der Waals surface area contributed by atoms with Crippen molar-refractivity contribution in [1.82, 2.24) is 0 Å². The second kappa shape index (κ2) is 10.6. The van der Waals surface area contributed by atoms with Gasteiger partial charge in [0.2, 0.25) is 0 Å². The number of carbonyl (C=O) groups is 1. The van der Waals surface area contributed by atoms with Crippen molar-refractivity contribution in [3.63, 3.8) is 0 Å². The normalized spacial score (nSPS) is 38.8. The molecule has 3 aliphatic heterocycles. The third-order valence-electron chi connectivity index (χ3n) is 6.83. The van der Waals surface area contributed by atoms with Crippen molar-refractivity contribution < 1.29 is 48.2 Å². The van der Waals surface area contributed by atoms with Crippen LogP contribution in [0.15, 0.2) is 0 Å². The number of rotatable bonds is 7. The van der Waals surface area contributed by atoms with Crippen LogP contribution in [0.5, 0.6) is 0 Å². The number of aliphatic hydroxyl groups is 2. The predicted molar refractivity (Wildman–Crippen MR) is 122 cm³/mol. The minimum atomic E-state index is -1.02. The van der Waals surface area contributed by atoms with Gasteiger partial charge in [0.05, 0.1) is 12.2 Å². The van der Waals surface area contributed by atoms with E-state index in [-0.39, 0.29) is 18.7 Å². The van der Waals surface area contributed by atoms with Crippen LogP contribution in [0.1, 0.15) is 68.2 Å². The topological polar surface area (TPSA) is 122 Å². The van der Waals surface area contributed by atoms with E-state index in [1.807, 2.05) is 20.8 Å². The minimum Gasteiger partial charge on any atom is -0.454 e. The lowest BCUT2D eigenvalue weighted by Crippen LogP contribution is -2.61. The molecule has 0 aromatic carbocycles. The average molecular weight is 493 g/mol. The number of cyclic esters (lactones) is 1. The quantitative estimate of drug-likeness (QED) is 0.510. The Labute approximate surface area is 203 Å². The summed E-state index contributed by atoms with van der Waals surface area (Å²) in [5, 5.41) is 19.6. The number of aliphatic hydroxyl groups excluding tert-OH is 1. The monoisotopic (exact) mass is 492 g/mol. The van der Waals surface area contributed by atoms with E-state index in [9.17, 15) is 15.0 Å². The number of hydrogen-bond acceptors (Lipinski definition) is 10. The zero-order chi connectivity index (χ0) is 26.1. The van der Waals surface area contributed by atoms with E-state index in [4.69, 9.17) is 33.2 Å². The van der Waals surface area contributed by atoms with Gasteiger partial charge in [-0.1, -0.05) is 13.8 Å². The Morgan fingerprint density at radius 3 is 2.09 bits per heavy atom. The zero-order valence-electron chi connectivity index (χ0n) is 22.2. The van der Waals surface area contributed by atoms with Crippen LogP contribution >= 0.6 is 0 Å². The Hall–Kier alpha value is -0.850. The van der Waals surface area contributed by atoms with Crippen LogP contribution in [-0.4, -0.2) is 96.4 Å². The van der Waals surface area contributed by atoms with Crippen LogP contribution < -0.4 is 0 Å². The molecular weight excluding hydrogens is 448 g/mol. The molecule has 3 rings (SSSR count). The molecule has 10 heteroatoms. The molecule has 0 spiro atoms. The molecule has 8 atom stereocenters. The maximum atomic E-state index is 11.9. The van der Waals surface area contributed by atoms with Gasteiger partial charge in [0.15, 0.2) is 17.7 Å². The first kappa shape index (κ1) is 29.4. The van der Waals surface area contributed by atoms with Crippen LogP contribution in [0, 0.1) is 0 Å². The number of hydrogen-bond donors (Lipinski definition) is 2. The Balaban J connectivity index is 0.000000240. The molecular formula is C24H44O10. The van der Waals surface area contributed by atoms with Crippen molar-refractivity contribution in [2.24, 2.45) is 0 Å². The van der Waals surface area contributed by atoms with Gasteiger partial charge >= 0.3 is 5.97 Å². The molecule has 200 valence electrons. The standard InChI is InChI=1S/C12H20O5.C12H24O5/c1-6-12(4)9(14-5)7-8(10(13)17-12)16-11(2,3)15-7;1-6-12(4,14)10(15-5)9-8(7-13)16-11(2,3)17-9/h7-9H,6H2,1-5H3;8-10,13-14H,6-7H2,1-5H3/t7-,8+,9+,12-;8-,9-,10+,12-/m00/s1. The second-order valence-electron chi connectivity index (χ2n) is 10.5. The molecule has 3 fully saturated rings. The van der Waals surface area contributed by atoms with E-state index in [0.29, 0.717) is 12.8 Å². The van der Waals surface area contributed by atoms with Crippen molar-refractivity contribution in [1.29, 1.82) is 0 Å². The highest BCUT2D eigenvalue weighted by atomic mass is 16.8. The Morgan fingerprint density at radius 2 is 1.62 bits per heavy atom. The molecule has 3 saturated heterocycles. The molecule has 0 amide bonds. The van der Waals surface area contributed by atoms with Crippen molar-refractivity contribution in [2.75, 3.05) is 20.8 Å². The second-order valence-corrected chi connectivity index (χ2v) is 10.5. The largest absolute Gasteiger partial charge is 0.454 e. The molecule has 2 N–H and O–H groups in total. The molecule has 10 nitrogen and oxygen atoms in total. The number of esters is 1. The Morgan fingerprint density at radius 1 is 1.03 bits per heavy atom. The molecule has 3 heterocycles. The smallest absolute Gasteiger partial charge is 0.338 e. The van der Waals surface area contributed by atoms with Gasteiger partial charge in [-0.2, -0.15) is 0 Å². The maximum Gasteiger partial charge on any atom is 0.338 e. The first-order valence-corrected chi connectivity index (χ1v) is 11.9. The summed E-state index contributed by atoms with van der Waals surface area (Å²) in [6.07, 6.45) is -1.68. The molecule has 3 aliphatic rings. The lowest BCUT2D eigenvalue weighted by atomic mass is 9.86. The summed E-state index contributed by atoms with van der Waals surface area (Å²) in [6, 6.07) is 0. The van der Waals surface area contributed by atoms with Crippen molar-refractivity contribution in [3.05, 3.63) is 0 Å². The lowest BCUT2D eigenvalue weighted by molar-refractivity contribution is -0.215. The first-order valence-electron chi connectivity index (χ1n) is 11.9. The van der Waals surface area contributed by atoms with E-state index in [2.05, 4.69) is 0 Å². The molecule has 0 radical (unpaired) electrons. The highest BCUT2D eigenvalue weighted by Gasteiger charge is 2.59. The van der Waals surface area contributed by atoms with Gasteiger partial charge in [-0.15, -0.1) is 0 Å². The fourth-order valence-electron chi connectivity index (χ4n) is 4.75. The van der Waals surface area contributed by atoms with Crippen LogP contribution in [0.25, 0.3) is 0 Å². The summed E-state index contributed by atoms with van der Waals surface area (Å²) in [6.45, 7) is 14.4. The van der Waals surface area contributed by atoms with E-state index >= 15 is 0 Å². The SMILES string of the molecule is CC[C@](C)(O)[C@H](OC)[C@H]1OC(C)(C)O[C@H]1CO.CC[C@]1(C)OC(=O)[C@@H]2OC(C)(C)O[C@@H]2[C@H]1OC. The van der Waals surface area contributed by atoms with Gasteiger partial charge in [0.25, 0.3) is 0 Å². The fourth-order valence-corrected chi connectivity index (χ4v) is 4.75. The molecule has 0 aromatic rings. The van der Waals surface area contributed by atoms with Crippen molar-refractivity contribution in [3.8, 4) is 0 Å². The van der Waals surface area contributed by atoms with Gasteiger partial charge in [-0.3, -0.25) is 0 Å². The van der Waals surface area contributed by atoms with Gasteiger partial charge in [0, 0.05) is 14.2 Å². The van der Waals surface area contributed by atoms with Crippen LogP contribution in [0.4, 0.5) is 0 Å². The molecule has 0 aliphatic carbocycles. The lowest BCUT2D eigenvalue weighted by Gasteiger charge is -2.43. The maximum absolute atomic E-state index is 11.9. The average Bonchev–Trinajstić information content (AvgIpc) is 3.23. The number of methoxy groups -OCH3 is 2. The fraction of sp³-hybridized carbons (Fsp3) is 0.958. The van der Waals surface area contributed by atoms with Crippen LogP contribution in [0.3, 0.4) is 0 Å². The highest BCUT2D eigenvalue weighted by Crippen LogP contribution is 2.41. The Kier molecular flexibility index (Phi) is 9.19. The van der Waals surface area contributed by atoms with Crippen molar-refractivity contribution in [2.45, 2.75) is 128 Å². The van der Waals surface area contributed by atoms with Crippen LogP contribution in [-0.2, 0) is 38.0 Å². The summed E-state index contributed by atoms with van der Waals surface area (Å²) < 4.78 is 38.9. The van der Waals surface area contributed by atoms with E-state index in [0.717, 1.165) is 0 Å². The summed E-state index contributed by atoms with van der Waals surface area (Å²) in [5.74, 6) is -1.90. The summed E-state index contributed by atoms with van der Waals surface area (Å²) in [5.41, 5.74) is -1.67. The number of fused-ring (bicyclic) bond motifs is 1. The van der Waals surface area contributed by atoms with Gasteiger partial charge < -0.3 is 43.4 Å². The molecule has 0 unspecified atom stereocenters. The van der Waals surface area contributed by atoms with Gasteiger partial charge in [-0.25, -0.2) is 4.79 Å². The molecule has 0 saturated carbocycles. The molecule has 0 aromatic heterocycles. The third kappa shape index (κ3) is 6.10. The van der Waals surface area contributed by atoms with Crippen LogP contribution in [0.2, 0.25) is 0 Å². The number of carbonyl (C=O) groups excluding carboxylic acids is 1. The van der Waals surface area contributed by atoms with E-state index in [1.165, 1.54) is 7.11 Å². The molecule has 0 bridgehead atoms. The zero-order valence-corrected chi connectivity index (χ0v) is 22.2. The summed E-state index contributed by atoms with van der Waals surface area (Å²) in [4.78, 5) is 11.9. The van der Waals surface area contributed by atoms with E-state index in [1.54, 1.807) is 41.7 Å². The minimum absolute atomic E-state index is 0.159. The van der Waals surface area contributed by atoms with Gasteiger partial charge in [-0.05, 0) is 54.4 Å².